The Kier molecular flexibility index (Phi) is 12.5. The summed E-state index contributed by atoms with van der Waals surface area (Å²) in [5, 5.41) is 3.73. The van der Waals surface area contributed by atoms with Gasteiger partial charge in [0.05, 0.1) is 17.2 Å². The van der Waals surface area contributed by atoms with Crippen LogP contribution in [0.2, 0.25) is 10.0 Å². The molecule has 0 bridgehead atoms. The molecule has 1 atom stereocenters. The van der Waals surface area contributed by atoms with Crippen LogP contribution in [0.4, 0.5) is 5.69 Å². The monoisotopic (exact) mass is 633 g/mol. The number of unbranched alkanes of at least 4 members (excludes halogenated alkanes) is 1. The predicted molar refractivity (Wildman–Crippen MR) is 168 cm³/mol. The molecule has 3 aromatic carbocycles. The van der Waals surface area contributed by atoms with Gasteiger partial charge in [0.15, 0.2) is 0 Å². The molecule has 8 nitrogen and oxygen atoms in total. The largest absolute Gasteiger partial charge is 0.494 e. The van der Waals surface area contributed by atoms with Gasteiger partial charge in [0, 0.05) is 23.1 Å². The number of benzene rings is 3. The quantitative estimate of drug-likeness (QED) is 0.198. The van der Waals surface area contributed by atoms with E-state index in [9.17, 15) is 18.0 Å². The Morgan fingerprint density at radius 3 is 2.19 bits per heavy atom. The fourth-order valence-corrected chi connectivity index (χ4v) is 6.11. The molecule has 1 N–H and O–H groups in total. The minimum absolute atomic E-state index is 0.0241. The zero-order valence-corrected chi connectivity index (χ0v) is 26.4. The average Bonchev–Trinajstić information content (AvgIpc) is 2.97. The molecule has 3 aromatic rings. The van der Waals surface area contributed by atoms with Crippen molar-refractivity contribution in [1.29, 1.82) is 0 Å². The van der Waals surface area contributed by atoms with Crippen molar-refractivity contribution in [3.8, 4) is 5.75 Å². The molecule has 0 saturated heterocycles. The molecule has 0 spiro atoms. The Morgan fingerprint density at radius 2 is 1.60 bits per heavy atom. The zero-order chi connectivity index (χ0) is 30.7. The first kappa shape index (κ1) is 33.2. The van der Waals surface area contributed by atoms with Crippen molar-refractivity contribution >= 4 is 50.7 Å². The summed E-state index contributed by atoms with van der Waals surface area (Å²) in [6.07, 6.45) is 2.02. The van der Waals surface area contributed by atoms with Crippen LogP contribution in [-0.4, -0.2) is 50.9 Å². The normalized spacial score (nSPS) is 11.9. The molecule has 0 aliphatic carbocycles. The highest BCUT2D eigenvalue weighted by Crippen LogP contribution is 2.28. The van der Waals surface area contributed by atoms with Crippen LogP contribution >= 0.6 is 23.2 Å². The molecular formula is C31H37Cl2N3O5S. The van der Waals surface area contributed by atoms with Crippen LogP contribution in [-0.2, 0) is 26.2 Å². The highest BCUT2D eigenvalue weighted by Gasteiger charge is 2.34. The molecule has 3 rings (SSSR count). The lowest BCUT2D eigenvalue weighted by atomic mass is 10.1. The molecular weight excluding hydrogens is 597 g/mol. The summed E-state index contributed by atoms with van der Waals surface area (Å²) < 4.78 is 34.5. The summed E-state index contributed by atoms with van der Waals surface area (Å²) >= 11 is 12.5. The number of sulfonamides is 1. The van der Waals surface area contributed by atoms with Crippen molar-refractivity contribution in [3.05, 3.63) is 88.4 Å². The van der Waals surface area contributed by atoms with Crippen molar-refractivity contribution < 1.29 is 22.7 Å². The van der Waals surface area contributed by atoms with Gasteiger partial charge in [-0.2, -0.15) is 0 Å². The van der Waals surface area contributed by atoms with Crippen LogP contribution in [0.25, 0.3) is 0 Å². The van der Waals surface area contributed by atoms with Crippen molar-refractivity contribution in [2.75, 3.05) is 24.0 Å². The molecule has 226 valence electrons. The average molecular weight is 635 g/mol. The lowest BCUT2D eigenvalue weighted by molar-refractivity contribution is -0.140. The number of rotatable bonds is 15. The van der Waals surface area contributed by atoms with Crippen LogP contribution in [0.3, 0.4) is 0 Å². The van der Waals surface area contributed by atoms with Crippen molar-refractivity contribution in [2.24, 2.45) is 0 Å². The first-order chi connectivity index (χ1) is 20.1. The van der Waals surface area contributed by atoms with Crippen molar-refractivity contribution in [2.45, 2.75) is 57.5 Å². The van der Waals surface area contributed by atoms with E-state index in [1.807, 2.05) is 20.8 Å². The van der Waals surface area contributed by atoms with Crippen LogP contribution in [0.5, 0.6) is 5.75 Å². The van der Waals surface area contributed by atoms with Gasteiger partial charge in [-0.25, -0.2) is 8.42 Å². The fraction of sp³-hybridized carbons (Fsp3) is 0.355. The van der Waals surface area contributed by atoms with E-state index in [4.69, 9.17) is 27.9 Å². The van der Waals surface area contributed by atoms with Crippen LogP contribution < -0.4 is 14.4 Å². The Hall–Kier alpha value is -3.27. The van der Waals surface area contributed by atoms with E-state index in [2.05, 4.69) is 5.32 Å². The number of halogens is 2. The molecule has 0 saturated carbocycles. The van der Waals surface area contributed by atoms with E-state index < -0.39 is 28.5 Å². The Labute approximate surface area is 258 Å². The molecule has 42 heavy (non-hydrogen) atoms. The first-order valence-corrected chi connectivity index (χ1v) is 16.1. The smallest absolute Gasteiger partial charge is 0.264 e. The van der Waals surface area contributed by atoms with Gasteiger partial charge in [0.2, 0.25) is 11.8 Å². The summed E-state index contributed by atoms with van der Waals surface area (Å²) in [5.41, 5.74) is 0.903. The van der Waals surface area contributed by atoms with Gasteiger partial charge in [-0.1, -0.05) is 61.7 Å². The van der Waals surface area contributed by atoms with Crippen LogP contribution in [0, 0.1) is 0 Å². The van der Waals surface area contributed by atoms with Gasteiger partial charge in [0.25, 0.3) is 10.0 Å². The number of hydrogen-bond donors (Lipinski definition) is 1. The van der Waals surface area contributed by atoms with Gasteiger partial charge in [-0.15, -0.1) is 0 Å². The standard InChI is InChI=1S/C31H37Cl2N3O5S/c1-4-7-20-34-31(38)29(5-2)35(21-23-10-8-9-11-28(23)33)30(37)22-36(25-14-16-26(17-15-25)41-6-3)42(39,40)27-18-12-24(32)13-19-27/h8-19,29H,4-7,20-22H2,1-3H3,(H,34,38)/t29-/m1/s1. The van der Waals surface area contributed by atoms with E-state index >= 15 is 0 Å². The second-order valence-electron chi connectivity index (χ2n) is 9.57. The van der Waals surface area contributed by atoms with Gasteiger partial charge >= 0.3 is 0 Å². The number of hydrogen-bond acceptors (Lipinski definition) is 5. The number of amides is 2. The number of nitrogens with zero attached hydrogens (tertiary/aromatic N) is 2. The maximum Gasteiger partial charge on any atom is 0.264 e. The zero-order valence-electron chi connectivity index (χ0n) is 24.1. The number of carbonyl (C=O) groups excluding carboxylic acids is 2. The third-order valence-electron chi connectivity index (χ3n) is 6.63. The maximum absolute atomic E-state index is 14.1. The van der Waals surface area contributed by atoms with Crippen molar-refractivity contribution in [3.63, 3.8) is 0 Å². The summed E-state index contributed by atoms with van der Waals surface area (Å²) in [6.45, 7) is 6.07. The molecule has 0 heterocycles. The SMILES string of the molecule is CCCCNC(=O)[C@@H](CC)N(Cc1ccccc1Cl)C(=O)CN(c1ccc(OCC)cc1)S(=O)(=O)c1ccc(Cl)cc1. The van der Waals surface area contributed by atoms with E-state index in [1.165, 1.54) is 29.2 Å². The molecule has 0 aromatic heterocycles. The highest BCUT2D eigenvalue weighted by atomic mass is 35.5. The Bertz CT molecular complexity index is 1430. The summed E-state index contributed by atoms with van der Waals surface area (Å²) in [4.78, 5) is 28.8. The Morgan fingerprint density at radius 1 is 0.929 bits per heavy atom. The van der Waals surface area contributed by atoms with E-state index in [1.54, 1.807) is 48.5 Å². The van der Waals surface area contributed by atoms with Crippen LogP contribution in [0.1, 0.15) is 45.6 Å². The van der Waals surface area contributed by atoms with Crippen LogP contribution in [0.15, 0.2) is 77.7 Å². The van der Waals surface area contributed by atoms with E-state index in [-0.39, 0.29) is 23.0 Å². The third kappa shape index (κ3) is 8.63. The lowest BCUT2D eigenvalue weighted by Gasteiger charge is -2.33. The minimum atomic E-state index is -4.22. The lowest BCUT2D eigenvalue weighted by Crippen LogP contribution is -2.52. The second kappa shape index (κ2) is 15.8. The van der Waals surface area contributed by atoms with Gasteiger partial charge in [-0.05, 0) is 79.9 Å². The molecule has 0 aliphatic rings. The summed E-state index contributed by atoms with van der Waals surface area (Å²) in [5.74, 6) is -0.301. The first-order valence-electron chi connectivity index (χ1n) is 13.9. The molecule has 0 radical (unpaired) electrons. The maximum atomic E-state index is 14.1. The van der Waals surface area contributed by atoms with Gasteiger partial charge < -0.3 is 15.0 Å². The van der Waals surface area contributed by atoms with Gasteiger partial charge in [-0.3, -0.25) is 13.9 Å². The summed E-state index contributed by atoms with van der Waals surface area (Å²) in [6, 6.07) is 18.4. The van der Waals surface area contributed by atoms with E-state index in [0.717, 1.165) is 17.1 Å². The Balaban J connectivity index is 2.05. The van der Waals surface area contributed by atoms with Gasteiger partial charge in [0.1, 0.15) is 18.3 Å². The topological polar surface area (TPSA) is 96.0 Å². The number of anilines is 1. The fourth-order valence-electron chi connectivity index (χ4n) is 4.37. The highest BCUT2D eigenvalue weighted by molar-refractivity contribution is 7.92. The minimum Gasteiger partial charge on any atom is -0.494 e. The molecule has 0 fully saturated rings. The predicted octanol–water partition coefficient (Wildman–Crippen LogP) is 6.31. The number of carbonyl (C=O) groups is 2. The molecule has 0 aliphatic heterocycles. The number of nitrogens with one attached hydrogen (secondary N) is 1. The second-order valence-corrected chi connectivity index (χ2v) is 12.3. The summed E-state index contributed by atoms with van der Waals surface area (Å²) in [7, 11) is -4.22. The molecule has 11 heteroatoms. The third-order valence-corrected chi connectivity index (χ3v) is 9.04. The molecule has 2 amide bonds. The van der Waals surface area contributed by atoms with Crippen molar-refractivity contribution in [1.82, 2.24) is 10.2 Å². The molecule has 0 unspecified atom stereocenters. The number of ether oxygens (including phenoxy) is 1. The van der Waals surface area contributed by atoms with E-state index in [0.29, 0.717) is 40.9 Å².